The van der Waals surface area contributed by atoms with E-state index in [-0.39, 0.29) is 0 Å². The SMILES string of the molecule is CCCCCCCN1CCC(Cc2ccccc2)CC1.COc1ccccc1CNCc1ccccn1. The third kappa shape index (κ3) is 11.5. The maximum atomic E-state index is 5.29. The van der Waals surface area contributed by atoms with Crippen molar-refractivity contribution in [3.63, 3.8) is 0 Å². The fourth-order valence-electron chi connectivity index (χ4n) is 4.98. The van der Waals surface area contributed by atoms with E-state index in [1.807, 2.05) is 36.4 Å². The summed E-state index contributed by atoms with van der Waals surface area (Å²) in [5.41, 5.74) is 3.72. The molecule has 1 saturated heterocycles. The van der Waals surface area contributed by atoms with Crippen LogP contribution in [0.5, 0.6) is 5.75 Å². The van der Waals surface area contributed by atoms with E-state index in [9.17, 15) is 0 Å². The van der Waals surface area contributed by atoms with Crippen molar-refractivity contribution in [3.05, 3.63) is 95.8 Å². The van der Waals surface area contributed by atoms with Gasteiger partial charge in [0.2, 0.25) is 0 Å². The van der Waals surface area contributed by atoms with E-state index >= 15 is 0 Å². The highest BCUT2D eigenvalue weighted by Crippen LogP contribution is 2.22. The molecule has 4 nitrogen and oxygen atoms in total. The molecule has 0 bridgehead atoms. The van der Waals surface area contributed by atoms with Crippen molar-refractivity contribution < 1.29 is 4.74 Å². The number of methoxy groups -OCH3 is 1. The second kappa shape index (κ2) is 17.7. The lowest BCUT2D eigenvalue weighted by Crippen LogP contribution is -2.35. The predicted molar refractivity (Wildman–Crippen MR) is 156 cm³/mol. The minimum Gasteiger partial charge on any atom is -0.496 e. The average Bonchev–Trinajstić information content (AvgIpc) is 2.96. The van der Waals surface area contributed by atoms with Gasteiger partial charge in [0.1, 0.15) is 5.75 Å². The van der Waals surface area contributed by atoms with Crippen molar-refractivity contribution in [1.82, 2.24) is 15.2 Å². The molecule has 0 unspecified atom stereocenters. The van der Waals surface area contributed by atoms with Gasteiger partial charge in [-0.15, -0.1) is 0 Å². The smallest absolute Gasteiger partial charge is 0.123 e. The van der Waals surface area contributed by atoms with Crippen molar-refractivity contribution in [2.75, 3.05) is 26.7 Å². The first kappa shape index (κ1) is 28.9. The summed E-state index contributed by atoms with van der Waals surface area (Å²) in [6, 6.07) is 24.9. The van der Waals surface area contributed by atoms with Crippen LogP contribution in [0, 0.1) is 5.92 Å². The summed E-state index contributed by atoms with van der Waals surface area (Å²) in [4.78, 5) is 6.95. The molecule has 37 heavy (non-hydrogen) atoms. The lowest BCUT2D eigenvalue weighted by atomic mass is 9.90. The molecule has 1 aliphatic rings. The van der Waals surface area contributed by atoms with E-state index in [2.05, 4.69) is 58.5 Å². The molecule has 1 fully saturated rings. The number of aromatic nitrogens is 1. The van der Waals surface area contributed by atoms with Gasteiger partial charge in [0.25, 0.3) is 0 Å². The van der Waals surface area contributed by atoms with E-state index in [1.165, 1.54) is 76.6 Å². The fourth-order valence-corrected chi connectivity index (χ4v) is 4.98. The third-order valence-corrected chi connectivity index (χ3v) is 7.19. The molecule has 2 heterocycles. The molecule has 3 aromatic rings. The Morgan fingerprint density at radius 3 is 2.30 bits per heavy atom. The summed E-state index contributed by atoms with van der Waals surface area (Å²) in [6.45, 7) is 7.81. The largest absolute Gasteiger partial charge is 0.496 e. The van der Waals surface area contributed by atoms with E-state index in [0.717, 1.165) is 36.0 Å². The molecule has 0 spiro atoms. The van der Waals surface area contributed by atoms with E-state index < -0.39 is 0 Å². The monoisotopic (exact) mass is 501 g/mol. The van der Waals surface area contributed by atoms with Crippen LogP contribution >= 0.6 is 0 Å². The van der Waals surface area contributed by atoms with Crippen LogP contribution in [0.4, 0.5) is 0 Å². The predicted octanol–water partition coefficient (Wildman–Crippen LogP) is 7.29. The zero-order valence-corrected chi connectivity index (χ0v) is 23.1. The molecule has 200 valence electrons. The summed E-state index contributed by atoms with van der Waals surface area (Å²) >= 11 is 0. The number of rotatable bonds is 13. The fraction of sp³-hybridized carbons (Fsp3) is 0.485. The molecule has 4 heteroatoms. The Bertz CT molecular complexity index is 956. The number of nitrogens with zero attached hydrogens (tertiary/aromatic N) is 2. The van der Waals surface area contributed by atoms with Crippen LogP contribution in [0.2, 0.25) is 0 Å². The highest BCUT2D eigenvalue weighted by atomic mass is 16.5. The molecule has 0 aliphatic carbocycles. The van der Waals surface area contributed by atoms with Crippen molar-refractivity contribution >= 4 is 0 Å². The molecule has 0 atom stereocenters. The van der Waals surface area contributed by atoms with Crippen molar-refractivity contribution in [3.8, 4) is 5.75 Å². The van der Waals surface area contributed by atoms with Crippen LogP contribution in [-0.2, 0) is 19.5 Å². The van der Waals surface area contributed by atoms with Gasteiger partial charge in [-0.2, -0.15) is 0 Å². The number of para-hydroxylation sites is 1. The molecule has 0 saturated carbocycles. The van der Waals surface area contributed by atoms with Gasteiger partial charge in [-0.05, 0) is 75.0 Å². The van der Waals surface area contributed by atoms with E-state index in [1.54, 1.807) is 13.3 Å². The van der Waals surface area contributed by atoms with Crippen LogP contribution in [-0.4, -0.2) is 36.6 Å². The Hall–Kier alpha value is -2.69. The first-order valence-electron chi connectivity index (χ1n) is 14.3. The first-order valence-corrected chi connectivity index (χ1v) is 14.3. The molecule has 2 aromatic carbocycles. The molecular formula is C33H47N3O. The number of unbranched alkanes of at least 4 members (excludes halogenated alkanes) is 4. The Kier molecular flexibility index (Phi) is 13.8. The van der Waals surface area contributed by atoms with Gasteiger partial charge in [-0.25, -0.2) is 0 Å². The van der Waals surface area contributed by atoms with Crippen LogP contribution in [0.15, 0.2) is 79.0 Å². The van der Waals surface area contributed by atoms with Gasteiger partial charge in [0.15, 0.2) is 0 Å². The van der Waals surface area contributed by atoms with Crippen LogP contribution in [0.3, 0.4) is 0 Å². The summed E-state index contributed by atoms with van der Waals surface area (Å²) in [7, 11) is 1.69. The number of benzene rings is 2. The van der Waals surface area contributed by atoms with Gasteiger partial charge >= 0.3 is 0 Å². The first-order chi connectivity index (χ1) is 18.3. The Balaban J connectivity index is 0.000000208. The number of pyridine rings is 1. The summed E-state index contributed by atoms with van der Waals surface area (Å²) in [5.74, 6) is 1.83. The van der Waals surface area contributed by atoms with Gasteiger partial charge < -0.3 is 15.0 Å². The normalized spacial score (nSPS) is 14.1. The third-order valence-electron chi connectivity index (χ3n) is 7.19. The molecular weight excluding hydrogens is 454 g/mol. The lowest BCUT2D eigenvalue weighted by molar-refractivity contribution is 0.181. The Labute approximate surface area is 225 Å². The molecule has 0 amide bonds. The van der Waals surface area contributed by atoms with Crippen LogP contribution in [0.25, 0.3) is 0 Å². The minimum absolute atomic E-state index is 0.763. The average molecular weight is 502 g/mol. The number of ether oxygens (including phenoxy) is 1. The van der Waals surface area contributed by atoms with Crippen molar-refractivity contribution in [2.24, 2.45) is 5.92 Å². The molecule has 0 radical (unpaired) electrons. The quantitative estimate of drug-likeness (QED) is 0.250. The number of likely N-dealkylation sites (tertiary alicyclic amines) is 1. The zero-order chi connectivity index (χ0) is 26.0. The van der Waals surface area contributed by atoms with E-state index in [0.29, 0.717) is 0 Å². The van der Waals surface area contributed by atoms with E-state index in [4.69, 9.17) is 4.74 Å². The van der Waals surface area contributed by atoms with Crippen molar-refractivity contribution in [1.29, 1.82) is 0 Å². The second-order valence-electron chi connectivity index (χ2n) is 10.1. The maximum Gasteiger partial charge on any atom is 0.123 e. The van der Waals surface area contributed by atoms with Gasteiger partial charge in [0, 0.05) is 24.8 Å². The van der Waals surface area contributed by atoms with Crippen LogP contribution < -0.4 is 10.1 Å². The highest BCUT2D eigenvalue weighted by Gasteiger charge is 2.18. The van der Waals surface area contributed by atoms with Gasteiger partial charge in [-0.3, -0.25) is 4.98 Å². The van der Waals surface area contributed by atoms with Crippen molar-refractivity contribution in [2.45, 2.75) is 71.4 Å². The summed E-state index contributed by atoms with van der Waals surface area (Å²) in [5, 5.41) is 3.35. The topological polar surface area (TPSA) is 37.4 Å². The molecule has 1 aromatic heterocycles. The maximum absolute atomic E-state index is 5.29. The number of hydrogen-bond acceptors (Lipinski definition) is 4. The second-order valence-corrected chi connectivity index (χ2v) is 10.1. The van der Waals surface area contributed by atoms with Crippen LogP contribution in [0.1, 0.15) is 68.7 Å². The Morgan fingerprint density at radius 2 is 1.57 bits per heavy atom. The summed E-state index contributed by atoms with van der Waals surface area (Å²) < 4.78 is 5.29. The molecule has 1 aliphatic heterocycles. The number of hydrogen-bond donors (Lipinski definition) is 1. The molecule has 4 rings (SSSR count). The van der Waals surface area contributed by atoms with Gasteiger partial charge in [0.05, 0.1) is 12.8 Å². The minimum atomic E-state index is 0.763. The zero-order valence-electron chi connectivity index (χ0n) is 23.1. The number of nitrogens with one attached hydrogen (secondary N) is 1. The summed E-state index contributed by atoms with van der Waals surface area (Å²) in [6.07, 6.45) is 12.9. The number of piperidine rings is 1. The Morgan fingerprint density at radius 1 is 0.838 bits per heavy atom. The highest BCUT2D eigenvalue weighted by molar-refractivity contribution is 5.33. The van der Waals surface area contributed by atoms with Gasteiger partial charge in [-0.1, -0.05) is 87.2 Å². The molecule has 1 N–H and O–H groups in total. The lowest BCUT2D eigenvalue weighted by Gasteiger charge is -2.32. The standard InChI is InChI=1S/C19H31N.C14H16N2O/c1-2-3-4-5-9-14-20-15-12-19(13-16-20)17-18-10-7-6-8-11-18;1-17-14-8-3-2-6-12(14)10-15-11-13-7-4-5-9-16-13/h6-8,10-11,19H,2-5,9,12-17H2,1H3;2-9,15H,10-11H2,1H3.